The number of carbonyl (C=O) groups is 2. The van der Waals surface area contributed by atoms with Crippen molar-refractivity contribution < 1.29 is 9.59 Å². The lowest BCUT2D eigenvalue weighted by molar-refractivity contribution is -0.134. The van der Waals surface area contributed by atoms with Gasteiger partial charge in [-0.3, -0.25) is 14.5 Å². The molecule has 2 amide bonds. The van der Waals surface area contributed by atoms with E-state index >= 15 is 0 Å². The number of nitrogens with zero attached hydrogens (tertiary/aromatic N) is 2. The van der Waals surface area contributed by atoms with Gasteiger partial charge in [-0.2, -0.15) is 0 Å². The van der Waals surface area contributed by atoms with E-state index in [0.717, 1.165) is 26.2 Å². The summed E-state index contributed by atoms with van der Waals surface area (Å²) in [7, 11) is 1.81. The molecule has 1 atom stereocenters. The lowest BCUT2D eigenvalue weighted by Crippen LogP contribution is -2.53. The zero-order valence-corrected chi connectivity index (χ0v) is 13.3. The first-order valence-electron chi connectivity index (χ1n) is 7.21. The molecule has 1 aliphatic rings. The van der Waals surface area contributed by atoms with E-state index in [0.29, 0.717) is 0 Å². The molecule has 0 aliphatic carbocycles. The standard InChI is InChI=1S/C14H28N4O2/c1-11(13(20)16-14(2,3)4)17(5)10-12(19)18-8-6-15-7-9-18/h11,15H,6-10H2,1-5H3,(H,16,20). The van der Waals surface area contributed by atoms with Crippen molar-refractivity contribution in [1.29, 1.82) is 0 Å². The van der Waals surface area contributed by atoms with Crippen LogP contribution >= 0.6 is 0 Å². The number of piperazine rings is 1. The normalized spacial score (nSPS) is 18.0. The molecule has 1 fully saturated rings. The minimum atomic E-state index is -0.318. The molecule has 2 N–H and O–H groups in total. The van der Waals surface area contributed by atoms with Crippen LogP contribution in [0.4, 0.5) is 0 Å². The Balaban J connectivity index is 2.46. The minimum Gasteiger partial charge on any atom is -0.350 e. The number of nitrogens with one attached hydrogen (secondary N) is 2. The summed E-state index contributed by atoms with van der Waals surface area (Å²) in [6.45, 7) is 11.1. The van der Waals surface area contributed by atoms with E-state index in [2.05, 4.69) is 10.6 Å². The number of likely N-dealkylation sites (N-methyl/N-ethyl adjacent to an activating group) is 1. The molecule has 6 nitrogen and oxygen atoms in total. The van der Waals surface area contributed by atoms with Crippen LogP contribution in [0, 0.1) is 0 Å². The molecular formula is C14H28N4O2. The second-order valence-electron chi connectivity index (χ2n) is 6.46. The highest BCUT2D eigenvalue weighted by Gasteiger charge is 2.25. The van der Waals surface area contributed by atoms with Gasteiger partial charge in [0, 0.05) is 31.7 Å². The highest BCUT2D eigenvalue weighted by molar-refractivity contribution is 5.83. The maximum Gasteiger partial charge on any atom is 0.237 e. The van der Waals surface area contributed by atoms with Crippen molar-refractivity contribution in [2.75, 3.05) is 39.8 Å². The SMILES string of the molecule is CC(C(=O)NC(C)(C)C)N(C)CC(=O)N1CCNCC1. The molecule has 20 heavy (non-hydrogen) atoms. The van der Waals surface area contributed by atoms with E-state index in [1.165, 1.54) is 0 Å². The van der Waals surface area contributed by atoms with E-state index in [4.69, 9.17) is 0 Å². The smallest absolute Gasteiger partial charge is 0.237 e. The summed E-state index contributed by atoms with van der Waals surface area (Å²) in [5, 5.41) is 6.16. The zero-order chi connectivity index (χ0) is 15.3. The van der Waals surface area contributed by atoms with Crippen molar-refractivity contribution in [3.63, 3.8) is 0 Å². The third-order valence-electron chi connectivity index (χ3n) is 3.39. The van der Waals surface area contributed by atoms with Crippen LogP contribution < -0.4 is 10.6 Å². The molecule has 0 saturated carbocycles. The van der Waals surface area contributed by atoms with Gasteiger partial charge in [0.15, 0.2) is 0 Å². The molecular weight excluding hydrogens is 256 g/mol. The number of hydrogen-bond donors (Lipinski definition) is 2. The van der Waals surface area contributed by atoms with Gasteiger partial charge in [0.25, 0.3) is 0 Å². The molecule has 0 aromatic heterocycles. The first kappa shape index (κ1) is 16.9. The Labute approximate surface area is 121 Å². The van der Waals surface area contributed by atoms with E-state index in [1.54, 1.807) is 4.90 Å². The summed E-state index contributed by atoms with van der Waals surface area (Å²) in [5.74, 6) is 0.0394. The zero-order valence-electron chi connectivity index (χ0n) is 13.3. The lowest BCUT2D eigenvalue weighted by atomic mass is 10.1. The Hall–Kier alpha value is -1.14. The van der Waals surface area contributed by atoms with Gasteiger partial charge in [0.1, 0.15) is 0 Å². The molecule has 0 spiro atoms. The van der Waals surface area contributed by atoms with Gasteiger partial charge < -0.3 is 15.5 Å². The fourth-order valence-electron chi connectivity index (χ4n) is 2.04. The molecule has 1 heterocycles. The maximum atomic E-state index is 12.1. The summed E-state index contributed by atoms with van der Waals surface area (Å²) >= 11 is 0. The maximum absolute atomic E-state index is 12.1. The quantitative estimate of drug-likeness (QED) is 0.741. The van der Waals surface area contributed by atoms with E-state index in [9.17, 15) is 9.59 Å². The Kier molecular flexibility index (Phi) is 5.95. The molecule has 6 heteroatoms. The predicted molar refractivity (Wildman–Crippen MR) is 79.4 cm³/mol. The Morgan fingerprint density at radius 1 is 1.30 bits per heavy atom. The van der Waals surface area contributed by atoms with Gasteiger partial charge in [0.2, 0.25) is 11.8 Å². The lowest BCUT2D eigenvalue weighted by Gasteiger charge is -2.31. The molecule has 1 rings (SSSR count). The molecule has 0 aromatic carbocycles. The first-order chi connectivity index (χ1) is 9.20. The van der Waals surface area contributed by atoms with E-state index < -0.39 is 0 Å². The van der Waals surface area contributed by atoms with Crippen molar-refractivity contribution in [3.8, 4) is 0 Å². The summed E-state index contributed by atoms with van der Waals surface area (Å²) in [6.07, 6.45) is 0. The average molecular weight is 284 g/mol. The molecule has 0 radical (unpaired) electrons. The van der Waals surface area contributed by atoms with Crippen molar-refractivity contribution in [3.05, 3.63) is 0 Å². The van der Waals surface area contributed by atoms with E-state index in [-0.39, 0.29) is 29.9 Å². The van der Waals surface area contributed by atoms with Crippen LogP contribution in [0.1, 0.15) is 27.7 Å². The van der Waals surface area contributed by atoms with Gasteiger partial charge in [-0.15, -0.1) is 0 Å². The Morgan fingerprint density at radius 2 is 1.85 bits per heavy atom. The Morgan fingerprint density at radius 3 is 2.35 bits per heavy atom. The van der Waals surface area contributed by atoms with Crippen molar-refractivity contribution in [1.82, 2.24) is 20.4 Å². The van der Waals surface area contributed by atoms with Crippen LogP contribution in [-0.2, 0) is 9.59 Å². The van der Waals surface area contributed by atoms with Crippen molar-refractivity contribution >= 4 is 11.8 Å². The van der Waals surface area contributed by atoms with Gasteiger partial charge in [0.05, 0.1) is 12.6 Å². The highest BCUT2D eigenvalue weighted by atomic mass is 16.2. The predicted octanol–water partition coefficient (Wildman–Crippen LogP) is -0.347. The fraction of sp³-hybridized carbons (Fsp3) is 0.857. The Bertz CT molecular complexity index is 346. The fourth-order valence-corrected chi connectivity index (χ4v) is 2.04. The second kappa shape index (κ2) is 7.04. The summed E-state index contributed by atoms with van der Waals surface area (Å²) in [6, 6.07) is -0.318. The first-order valence-corrected chi connectivity index (χ1v) is 7.21. The topological polar surface area (TPSA) is 64.7 Å². The monoisotopic (exact) mass is 284 g/mol. The number of hydrogen-bond acceptors (Lipinski definition) is 4. The molecule has 0 aromatic rings. The third-order valence-corrected chi connectivity index (χ3v) is 3.39. The summed E-state index contributed by atoms with van der Waals surface area (Å²) < 4.78 is 0. The largest absolute Gasteiger partial charge is 0.350 e. The van der Waals surface area contributed by atoms with Gasteiger partial charge in [-0.25, -0.2) is 0 Å². The van der Waals surface area contributed by atoms with Crippen LogP contribution in [0.15, 0.2) is 0 Å². The highest BCUT2D eigenvalue weighted by Crippen LogP contribution is 2.04. The van der Waals surface area contributed by atoms with Crippen molar-refractivity contribution in [2.45, 2.75) is 39.3 Å². The number of amides is 2. The number of rotatable bonds is 4. The minimum absolute atomic E-state index is 0.0480. The summed E-state index contributed by atoms with van der Waals surface area (Å²) in [5.41, 5.74) is -0.255. The number of carbonyl (C=O) groups excluding carboxylic acids is 2. The van der Waals surface area contributed by atoms with Gasteiger partial charge in [-0.1, -0.05) is 0 Å². The van der Waals surface area contributed by atoms with Crippen LogP contribution in [0.5, 0.6) is 0 Å². The van der Waals surface area contributed by atoms with Crippen LogP contribution in [-0.4, -0.2) is 73.0 Å². The van der Waals surface area contributed by atoms with Gasteiger partial charge >= 0.3 is 0 Å². The van der Waals surface area contributed by atoms with Crippen molar-refractivity contribution in [2.24, 2.45) is 0 Å². The second-order valence-corrected chi connectivity index (χ2v) is 6.46. The third kappa shape index (κ3) is 5.46. The molecule has 0 bridgehead atoms. The molecule has 1 saturated heterocycles. The van der Waals surface area contributed by atoms with Crippen LogP contribution in [0.25, 0.3) is 0 Å². The van der Waals surface area contributed by atoms with Crippen LogP contribution in [0.3, 0.4) is 0 Å². The van der Waals surface area contributed by atoms with Gasteiger partial charge in [-0.05, 0) is 34.7 Å². The molecule has 1 aliphatic heterocycles. The summed E-state index contributed by atoms with van der Waals surface area (Å²) in [4.78, 5) is 27.9. The average Bonchev–Trinajstić information content (AvgIpc) is 2.36. The van der Waals surface area contributed by atoms with Crippen LogP contribution in [0.2, 0.25) is 0 Å². The van der Waals surface area contributed by atoms with E-state index in [1.807, 2.05) is 39.6 Å². The molecule has 116 valence electrons. The molecule has 1 unspecified atom stereocenters.